The van der Waals surface area contributed by atoms with E-state index in [0.717, 1.165) is 115 Å². The minimum Gasteiger partial charge on any atom is -0.462 e. The van der Waals surface area contributed by atoms with Gasteiger partial charge in [0.25, 0.3) is 0 Å². The fourth-order valence-electron chi connectivity index (χ4n) is 10.9. The maximum absolute atomic E-state index is 13.0. The average Bonchev–Trinajstić information content (AvgIpc) is 3.74. The molecule has 0 aliphatic rings. The van der Waals surface area contributed by atoms with Gasteiger partial charge in [-0.3, -0.25) is 37.3 Å². The van der Waals surface area contributed by atoms with Crippen LogP contribution < -0.4 is 0 Å². The summed E-state index contributed by atoms with van der Waals surface area (Å²) in [5.74, 6) is -0.638. The molecule has 540 valence electrons. The number of unbranched alkanes of at least 4 members (excludes halogenated alkanes) is 40. The minimum atomic E-state index is -4.95. The highest BCUT2D eigenvalue weighted by molar-refractivity contribution is 7.47. The Balaban J connectivity index is 5.17. The van der Waals surface area contributed by atoms with E-state index in [0.29, 0.717) is 25.7 Å². The second kappa shape index (κ2) is 64.1. The number of ether oxygens (including phenoxy) is 4. The van der Waals surface area contributed by atoms with Gasteiger partial charge in [-0.2, -0.15) is 0 Å². The smallest absolute Gasteiger partial charge is 0.462 e. The number of phosphoric acid groups is 2. The topological polar surface area (TPSA) is 237 Å². The molecule has 0 saturated heterocycles. The van der Waals surface area contributed by atoms with Crippen LogP contribution in [-0.2, 0) is 65.4 Å². The molecule has 91 heavy (non-hydrogen) atoms. The van der Waals surface area contributed by atoms with E-state index in [1.54, 1.807) is 0 Å². The Bertz CT molecular complexity index is 1770. The maximum Gasteiger partial charge on any atom is 0.472 e. The molecule has 0 aliphatic carbocycles. The molecule has 0 radical (unpaired) electrons. The normalized spacial score (nSPS) is 14.4. The largest absolute Gasteiger partial charge is 0.472 e. The predicted molar refractivity (Wildman–Crippen MR) is 368 cm³/mol. The van der Waals surface area contributed by atoms with E-state index in [1.807, 2.05) is 0 Å². The van der Waals surface area contributed by atoms with E-state index >= 15 is 0 Å². The first-order chi connectivity index (χ1) is 43.9. The Labute approximate surface area is 556 Å². The summed E-state index contributed by atoms with van der Waals surface area (Å²) in [7, 11) is -9.90. The Morgan fingerprint density at radius 1 is 0.319 bits per heavy atom. The van der Waals surface area contributed by atoms with Gasteiger partial charge in [0.2, 0.25) is 0 Å². The van der Waals surface area contributed by atoms with Crippen molar-refractivity contribution in [3.63, 3.8) is 0 Å². The quantitative estimate of drug-likeness (QED) is 0.0222. The lowest BCUT2D eigenvalue weighted by Gasteiger charge is -2.21. The van der Waals surface area contributed by atoms with Crippen molar-refractivity contribution in [2.24, 2.45) is 11.8 Å². The zero-order valence-electron chi connectivity index (χ0n) is 59.1. The van der Waals surface area contributed by atoms with Crippen LogP contribution in [0.4, 0.5) is 0 Å². The molecule has 0 aromatic carbocycles. The second-order valence-corrected chi connectivity index (χ2v) is 29.6. The fourth-order valence-corrected chi connectivity index (χ4v) is 12.5. The van der Waals surface area contributed by atoms with Crippen LogP contribution in [0, 0.1) is 11.8 Å². The molecule has 6 atom stereocenters. The molecule has 19 heteroatoms. The number of esters is 4. The summed E-state index contributed by atoms with van der Waals surface area (Å²) in [4.78, 5) is 72.4. The molecule has 0 bridgehead atoms. The average molecular weight is 1340 g/mol. The summed E-state index contributed by atoms with van der Waals surface area (Å²) in [6.45, 7) is 9.47. The van der Waals surface area contributed by atoms with E-state index < -0.39 is 97.5 Å². The molecule has 3 unspecified atom stereocenters. The number of hydrogen-bond acceptors (Lipinski definition) is 15. The highest BCUT2D eigenvalue weighted by atomic mass is 31.2. The summed E-state index contributed by atoms with van der Waals surface area (Å²) in [5, 5.41) is 10.6. The number of carbonyl (C=O) groups excluding carboxylic acids is 4. The molecule has 0 fully saturated rings. The summed E-state index contributed by atoms with van der Waals surface area (Å²) in [5.41, 5.74) is 0. The summed E-state index contributed by atoms with van der Waals surface area (Å²) >= 11 is 0. The monoisotopic (exact) mass is 1340 g/mol. The van der Waals surface area contributed by atoms with Gasteiger partial charge in [-0.15, -0.1) is 0 Å². The van der Waals surface area contributed by atoms with Crippen molar-refractivity contribution in [1.29, 1.82) is 0 Å². The van der Waals surface area contributed by atoms with Crippen molar-refractivity contribution in [3.05, 3.63) is 0 Å². The molecule has 0 heterocycles. The molecular weight excluding hydrogens is 1200 g/mol. The van der Waals surface area contributed by atoms with Crippen molar-refractivity contribution in [2.45, 2.75) is 387 Å². The van der Waals surface area contributed by atoms with Crippen LogP contribution in [0.3, 0.4) is 0 Å². The standard InChI is InChI=1S/C72H140O17P2/c1-7-10-12-14-16-17-18-19-20-21-22-23-24-25-26-29-33-37-44-50-56-71(76)88-67(61-83-70(75)55-49-43-36-32-30-27-28-31-35-40-46-52-64(4)5)62-86-90(78,79)84-58-66(73)59-85-91(80,81)87-63-68(60-82-69(74)54-48-42-34-15-13-11-8-2)89-72(77)57-51-45-39-38-41-47-53-65(6)9-3/h64-68,73H,7-63H2,1-6H3,(H,78,79)(H,80,81)/t65?,66-,67-,68-/m1/s1. The summed E-state index contributed by atoms with van der Waals surface area (Å²) < 4.78 is 68.2. The highest BCUT2D eigenvalue weighted by Crippen LogP contribution is 2.45. The van der Waals surface area contributed by atoms with E-state index in [4.69, 9.17) is 37.0 Å². The van der Waals surface area contributed by atoms with Crippen molar-refractivity contribution >= 4 is 39.5 Å². The van der Waals surface area contributed by atoms with Crippen LogP contribution in [0.15, 0.2) is 0 Å². The number of phosphoric ester groups is 2. The fraction of sp³-hybridized carbons (Fsp3) is 0.944. The molecular formula is C72H140O17P2. The highest BCUT2D eigenvalue weighted by Gasteiger charge is 2.30. The number of carbonyl (C=O) groups is 4. The molecule has 0 spiro atoms. The van der Waals surface area contributed by atoms with E-state index in [-0.39, 0.29) is 25.7 Å². The molecule has 0 aromatic heterocycles. The van der Waals surface area contributed by atoms with E-state index in [1.165, 1.54) is 173 Å². The third-order valence-electron chi connectivity index (χ3n) is 17.1. The predicted octanol–water partition coefficient (Wildman–Crippen LogP) is 20.8. The van der Waals surface area contributed by atoms with Gasteiger partial charge < -0.3 is 33.8 Å². The van der Waals surface area contributed by atoms with Crippen LogP contribution in [0.2, 0.25) is 0 Å². The molecule has 0 rings (SSSR count). The lowest BCUT2D eigenvalue weighted by Crippen LogP contribution is -2.30. The van der Waals surface area contributed by atoms with Gasteiger partial charge in [0.15, 0.2) is 12.2 Å². The van der Waals surface area contributed by atoms with Crippen molar-refractivity contribution in [1.82, 2.24) is 0 Å². The van der Waals surface area contributed by atoms with Gasteiger partial charge in [0.1, 0.15) is 19.3 Å². The lowest BCUT2D eigenvalue weighted by atomic mass is 10.00. The maximum atomic E-state index is 13.0. The molecule has 0 aliphatic heterocycles. The Morgan fingerprint density at radius 3 is 0.835 bits per heavy atom. The third-order valence-corrected chi connectivity index (χ3v) is 19.0. The van der Waals surface area contributed by atoms with E-state index in [9.17, 15) is 43.2 Å². The van der Waals surface area contributed by atoms with Crippen molar-refractivity contribution in [3.8, 4) is 0 Å². The molecule has 0 amide bonds. The van der Waals surface area contributed by atoms with Crippen LogP contribution in [-0.4, -0.2) is 96.7 Å². The summed E-state index contributed by atoms with van der Waals surface area (Å²) in [6, 6.07) is 0. The first-order valence-corrected chi connectivity index (χ1v) is 40.5. The minimum absolute atomic E-state index is 0.103. The first kappa shape index (κ1) is 89.1. The Hall–Kier alpha value is -1.94. The zero-order valence-corrected chi connectivity index (χ0v) is 60.9. The molecule has 3 N–H and O–H groups in total. The Morgan fingerprint density at radius 2 is 0.560 bits per heavy atom. The van der Waals surface area contributed by atoms with Crippen molar-refractivity contribution in [2.75, 3.05) is 39.6 Å². The molecule has 0 aromatic rings. The number of aliphatic hydroxyl groups is 1. The van der Waals surface area contributed by atoms with Gasteiger partial charge in [-0.25, -0.2) is 9.13 Å². The van der Waals surface area contributed by atoms with Crippen LogP contribution in [0.25, 0.3) is 0 Å². The van der Waals surface area contributed by atoms with Gasteiger partial charge in [0.05, 0.1) is 26.4 Å². The second-order valence-electron chi connectivity index (χ2n) is 26.7. The first-order valence-electron chi connectivity index (χ1n) is 37.5. The number of hydrogen-bond donors (Lipinski definition) is 3. The van der Waals surface area contributed by atoms with Crippen LogP contribution >= 0.6 is 15.6 Å². The Kier molecular flexibility index (Phi) is 62.7. The molecule has 17 nitrogen and oxygen atoms in total. The number of rotatable bonds is 71. The lowest BCUT2D eigenvalue weighted by molar-refractivity contribution is -0.161. The van der Waals surface area contributed by atoms with Gasteiger partial charge in [-0.05, 0) is 37.5 Å². The van der Waals surface area contributed by atoms with Crippen LogP contribution in [0.5, 0.6) is 0 Å². The zero-order chi connectivity index (χ0) is 67.2. The van der Waals surface area contributed by atoms with Gasteiger partial charge in [-0.1, -0.05) is 318 Å². The SMILES string of the molecule is CCCCCCCCCCCCCCCCCCCCCCC(=O)O[C@H](COC(=O)CCCCCCCCCCCCCC(C)C)COP(=O)(O)OC[C@@H](O)COP(=O)(O)OC[C@@H](COC(=O)CCCCCCCCC)OC(=O)CCCCCCCCC(C)CC. The van der Waals surface area contributed by atoms with Gasteiger partial charge >= 0.3 is 39.5 Å². The number of aliphatic hydroxyl groups excluding tert-OH is 1. The summed E-state index contributed by atoms with van der Waals surface area (Å²) in [6.07, 6.45) is 50.3. The van der Waals surface area contributed by atoms with Crippen LogP contribution in [0.1, 0.15) is 369 Å². The third kappa shape index (κ3) is 65.1. The molecule has 0 saturated carbocycles. The van der Waals surface area contributed by atoms with Gasteiger partial charge in [0, 0.05) is 25.7 Å². The van der Waals surface area contributed by atoms with Crippen molar-refractivity contribution < 1.29 is 80.2 Å². The van der Waals surface area contributed by atoms with E-state index in [2.05, 4.69) is 41.5 Å².